The van der Waals surface area contributed by atoms with E-state index in [1.807, 2.05) is 13.0 Å². The monoisotopic (exact) mass is 436 g/mol. The molecule has 3 fully saturated rings. The number of likely N-dealkylation sites (tertiary alicyclic amines) is 1. The van der Waals surface area contributed by atoms with Crippen molar-refractivity contribution >= 4 is 21.4 Å². The lowest BCUT2D eigenvalue weighted by molar-refractivity contribution is -0.384. The highest BCUT2D eigenvalue weighted by molar-refractivity contribution is 7.88. The van der Waals surface area contributed by atoms with Gasteiger partial charge in [-0.05, 0) is 68.5 Å². The minimum Gasteiger partial charge on any atom is -0.371 e. The number of sulfonamides is 1. The highest BCUT2D eigenvalue weighted by atomic mass is 32.2. The molecule has 9 heteroatoms. The van der Waals surface area contributed by atoms with Gasteiger partial charge in [0.2, 0.25) is 10.0 Å². The fraction of sp³-hybridized carbons (Fsp3) is 0.714. The van der Waals surface area contributed by atoms with Crippen molar-refractivity contribution < 1.29 is 13.3 Å². The van der Waals surface area contributed by atoms with Crippen LogP contribution in [0, 0.1) is 34.8 Å². The van der Waals surface area contributed by atoms with Crippen molar-refractivity contribution in [3.63, 3.8) is 0 Å². The molecule has 4 rings (SSSR count). The molecule has 30 heavy (non-hydrogen) atoms. The summed E-state index contributed by atoms with van der Waals surface area (Å²) in [5.41, 5.74) is 2.18. The summed E-state index contributed by atoms with van der Waals surface area (Å²) in [4.78, 5) is 15.6. The van der Waals surface area contributed by atoms with Gasteiger partial charge < -0.3 is 4.90 Å². The first-order valence-corrected chi connectivity index (χ1v) is 12.8. The SMILES string of the molecule is Cc1cc([N+](=O)[O-])ccc1N1CCC(N2CCC3CC3C(CNS(C)(=O)=O)C2)CC1. The molecule has 1 N–H and O–H groups in total. The third-order valence-corrected chi connectivity index (χ3v) is 7.85. The molecule has 0 bridgehead atoms. The van der Waals surface area contributed by atoms with Crippen LogP contribution in [-0.2, 0) is 10.0 Å². The highest BCUT2D eigenvalue weighted by Gasteiger charge is 2.46. The maximum atomic E-state index is 11.6. The lowest BCUT2D eigenvalue weighted by Crippen LogP contribution is -2.47. The van der Waals surface area contributed by atoms with Gasteiger partial charge in [0.1, 0.15) is 0 Å². The second kappa shape index (κ2) is 8.43. The average Bonchev–Trinajstić information content (AvgIpc) is 3.47. The minimum atomic E-state index is -3.15. The highest BCUT2D eigenvalue weighted by Crippen LogP contribution is 2.49. The Morgan fingerprint density at radius 3 is 2.57 bits per heavy atom. The third kappa shape index (κ3) is 4.95. The molecular weight excluding hydrogens is 404 g/mol. The van der Waals surface area contributed by atoms with Gasteiger partial charge in [-0.2, -0.15) is 0 Å². The smallest absolute Gasteiger partial charge is 0.269 e. The zero-order valence-electron chi connectivity index (χ0n) is 17.8. The van der Waals surface area contributed by atoms with Gasteiger partial charge in [0.15, 0.2) is 0 Å². The normalized spacial score (nSPS) is 28.1. The zero-order valence-corrected chi connectivity index (χ0v) is 18.6. The Kier molecular flexibility index (Phi) is 6.05. The largest absolute Gasteiger partial charge is 0.371 e. The molecule has 2 aliphatic heterocycles. The third-order valence-electron chi connectivity index (χ3n) is 7.16. The number of benzene rings is 1. The van der Waals surface area contributed by atoms with Crippen LogP contribution < -0.4 is 9.62 Å². The summed E-state index contributed by atoms with van der Waals surface area (Å²) in [6, 6.07) is 5.65. The van der Waals surface area contributed by atoms with Gasteiger partial charge in [0.05, 0.1) is 11.2 Å². The molecule has 2 saturated heterocycles. The quantitative estimate of drug-likeness (QED) is 0.543. The van der Waals surface area contributed by atoms with E-state index in [0.717, 1.165) is 56.2 Å². The van der Waals surface area contributed by atoms with E-state index in [9.17, 15) is 18.5 Å². The van der Waals surface area contributed by atoms with Crippen molar-refractivity contribution in [2.75, 3.05) is 43.9 Å². The van der Waals surface area contributed by atoms with Crippen molar-refractivity contribution in [3.8, 4) is 0 Å². The zero-order chi connectivity index (χ0) is 21.5. The number of piperidine rings is 1. The first-order valence-electron chi connectivity index (χ1n) is 10.9. The van der Waals surface area contributed by atoms with Crippen molar-refractivity contribution in [1.29, 1.82) is 0 Å². The first-order chi connectivity index (χ1) is 14.2. The summed E-state index contributed by atoms with van der Waals surface area (Å²) in [6.07, 6.45) is 5.85. The van der Waals surface area contributed by atoms with Gasteiger partial charge in [-0.1, -0.05) is 0 Å². The van der Waals surface area contributed by atoms with Crippen LogP contribution in [0.5, 0.6) is 0 Å². The molecule has 1 aromatic rings. The van der Waals surface area contributed by atoms with Gasteiger partial charge >= 0.3 is 0 Å². The second-order valence-corrected chi connectivity index (χ2v) is 11.1. The molecule has 3 unspecified atom stereocenters. The number of anilines is 1. The fourth-order valence-electron chi connectivity index (χ4n) is 5.43. The van der Waals surface area contributed by atoms with E-state index < -0.39 is 10.0 Å². The molecule has 1 saturated carbocycles. The molecule has 166 valence electrons. The molecule has 1 aliphatic carbocycles. The van der Waals surface area contributed by atoms with Crippen LogP contribution in [0.25, 0.3) is 0 Å². The number of fused-ring (bicyclic) bond motifs is 1. The van der Waals surface area contributed by atoms with Crippen LogP contribution in [0.2, 0.25) is 0 Å². The van der Waals surface area contributed by atoms with Gasteiger partial charge in [-0.25, -0.2) is 13.1 Å². The lowest BCUT2D eigenvalue weighted by atomic mass is 9.98. The molecular formula is C21H32N4O4S. The van der Waals surface area contributed by atoms with Crippen molar-refractivity contribution in [2.24, 2.45) is 17.8 Å². The minimum absolute atomic E-state index is 0.142. The number of nitro groups is 1. The summed E-state index contributed by atoms with van der Waals surface area (Å²) in [5, 5.41) is 11.0. The molecule has 3 aliphatic rings. The van der Waals surface area contributed by atoms with E-state index in [-0.39, 0.29) is 10.6 Å². The Morgan fingerprint density at radius 2 is 1.93 bits per heavy atom. The van der Waals surface area contributed by atoms with Gasteiger partial charge in [-0.3, -0.25) is 15.0 Å². The maximum absolute atomic E-state index is 11.6. The van der Waals surface area contributed by atoms with Crippen LogP contribution in [0.15, 0.2) is 18.2 Å². The van der Waals surface area contributed by atoms with Crippen LogP contribution in [0.4, 0.5) is 11.4 Å². The van der Waals surface area contributed by atoms with Crippen molar-refractivity contribution in [1.82, 2.24) is 9.62 Å². The van der Waals surface area contributed by atoms with E-state index in [2.05, 4.69) is 14.5 Å². The lowest BCUT2D eigenvalue weighted by Gasteiger charge is -2.40. The molecule has 0 amide bonds. The molecule has 1 aromatic carbocycles. The van der Waals surface area contributed by atoms with Gasteiger partial charge in [0, 0.05) is 50.0 Å². The molecule has 8 nitrogen and oxygen atoms in total. The predicted octanol–water partition coefficient (Wildman–Crippen LogP) is 2.38. The Balaban J connectivity index is 1.36. The summed E-state index contributed by atoms with van der Waals surface area (Å²) < 4.78 is 25.8. The van der Waals surface area contributed by atoms with Crippen molar-refractivity contribution in [3.05, 3.63) is 33.9 Å². The number of nitrogens with zero attached hydrogens (tertiary/aromatic N) is 3. The standard InChI is InChI=1S/C21H32N4O4S/c1-15-11-19(25(26)27)3-4-21(15)23-9-6-18(7-10-23)24-8-5-16-12-20(16)17(14-24)13-22-30(2,28)29/h3-4,11,16-18,20,22H,5-10,12-14H2,1-2H3. The van der Waals surface area contributed by atoms with E-state index in [0.29, 0.717) is 24.4 Å². The fourth-order valence-corrected chi connectivity index (χ4v) is 5.94. The number of non-ortho nitro benzene ring substituents is 1. The number of rotatable bonds is 6. The van der Waals surface area contributed by atoms with E-state index in [1.165, 1.54) is 19.1 Å². The summed E-state index contributed by atoms with van der Waals surface area (Å²) in [5.74, 6) is 1.85. The molecule has 3 atom stereocenters. The maximum Gasteiger partial charge on any atom is 0.269 e. The number of nitro benzene ring substituents is 1. The summed E-state index contributed by atoms with van der Waals surface area (Å²) >= 11 is 0. The van der Waals surface area contributed by atoms with E-state index in [4.69, 9.17) is 0 Å². The Morgan fingerprint density at radius 1 is 1.20 bits per heavy atom. The van der Waals surface area contributed by atoms with Crippen LogP contribution in [0.1, 0.15) is 31.2 Å². The average molecular weight is 437 g/mol. The summed E-state index contributed by atoms with van der Waals surface area (Å²) in [7, 11) is -3.15. The van der Waals surface area contributed by atoms with Crippen LogP contribution in [-0.4, -0.2) is 63.3 Å². The molecule has 0 spiro atoms. The van der Waals surface area contributed by atoms with Crippen LogP contribution >= 0.6 is 0 Å². The molecule has 2 heterocycles. The number of nitrogens with one attached hydrogen (secondary N) is 1. The Labute approximate surface area is 178 Å². The van der Waals surface area contributed by atoms with E-state index >= 15 is 0 Å². The number of hydrogen-bond acceptors (Lipinski definition) is 6. The predicted molar refractivity (Wildman–Crippen MR) is 117 cm³/mol. The van der Waals surface area contributed by atoms with Gasteiger partial charge in [0.25, 0.3) is 5.69 Å². The number of aryl methyl sites for hydroxylation is 1. The van der Waals surface area contributed by atoms with E-state index in [1.54, 1.807) is 12.1 Å². The topological polar surface area (TPSA) is 95.8 Å². The van der Waals surface area contributed by atoms with Crippen molar-refractivity contribution in [2.45, 2.75) is 38.6 Å². The first kappa shape index (κ1) is 21.5. The Bertz CT molecular complexity index is 898. The molecule has 0 aromatic heterocycles. The molecule has 0 radical (unpaired) electrons. The second-order valence-electron chi connectivity index (χ2n) is 9.27. The number of hydrogen-bond donors (Lipinski definition) is 1. The van der Waals surface area contributed by atoms with Crippen LogP contribution in [0.3, 0.4) is 0 Å². The van der Waals surface area contributed by atoms with Gasteiger partial charge in [-0.15, -0.1) is 0 Å². The summed E-state index contributed by atoms with van der Waals surface area (Å²) in [6.45, 7) is 6.47. The Hall–Kier alpha value is -1.71.